The first-order valence-electron chi connectivity index (χ1n) is 6.70. The summed E-state index contributed by atoms with van der Waals surface area (Å²) in [4.78, 5) is 12.1. The summed E-state index contributed by atoms with van der Waals surface area (Å²) in [5, 5.41) is 11.5. The number of methoxy groups -OCH3 is 1. The summed E-state index contributed by atoms with van der Waals surface area (Å²) < 4.78 is 42.4. The van der Waals surface area contributed by atoms with Gasteiger partial charge in [-0.1, -0.05) is 12.1 Å². The first kappa shape index (κ1) is 19.5. The minimum absolute atomic E-state index is 0. The maximum absolute atomic E-state index is 12.6. The number of benzene rings is 2. The van der Waals surface area contributed by atoms with Gasteiger partial charge < -0.3 is 14.3 Å². The molecule has 0 radical (unpaired) electrons. The Bertz CT molecular complexity index is 1100. The summed E-state index contributed by atoms with van der Waals surface area (Å²) in [6, 6.07) is 7.68. The van der Waals surface area contributed by atoms with E-state index >= 15 is 0 Å². The van der Waals surface area contributed by atoms with E-state index in [0.717, 1.165) is 12.3 Å². The van der Waals surface area contributed by atoms with Crippen molar-refractivity contribution in [2.24, 2.45) is 0 Å². The van der Waals surface area contributed by atoms with Gasteiger partial charge in [0, 0.05) is 0 Å². The quantitative estimate of drug-likeness (QED) is 0.454. The van der Waals surface area contributed by atoms with Crippen molar-refractivity contribution in [3.63, 3.8) is 0 Å². The van der Waals surface area contributed by atoms with Crippen molar-refractivity contribution >= 4 is 21.1 Å². The van der Waals surface area contributed by atoms with E-state index in [1.165, 1.54) is 37.4 Å². The summed E-state index contributed by atoms with van der Waals surface area (Å²) in [5.41, 5.74) is 0.0291. The average Bonchev–Trinajstić information content (AvgIpc) is 2.53. The molecule has 124 valence electrons. The number of ether oxygens (including phenoxy) is 1. The molecule has 2 aromatic carbocycles. The summed E-state index contributed by atoms with van der Waals surface area (Å²) in [7, 11) is -3.28. The largest absolute Gasteiger partial charge is 1.00 e. The topological polar surface area (TPSA) is 117 Å². The third kappa shape index (κ3) is 3.73. The van der Waals surface area contributed by atoms with Crippen molar-refractivity contribution < 1.29 is 56.8 Å². The van der Waals surface area contributed by atoms with Crippen LogP contribution in [0.25, 0.3) is 22.1 Å². The third-order valence-corrected chi connectivity index (χ3v) is 4.37. The van der Waals surface area contributed by atoms with Crippen LogP contribution in [0.4, 0.5) is 0 Å². The molecule has 1 heterocycles. The van der Waals surface area contributed by atoms with Crippen LogP contribution in [0.15, 0.2) is 56.8 Å². The second-order valence-corrected chi connectivity index (χ2v) is 6.37. The van der Waals surface area contributed by atoms with E-state index in [-0.39, 0.29) is 63.2 Å². The molecule has 0 atom stereocenters. The Morgan fingerprint density at radius 2 is 1.88 bits per heavy atom. The Morgan fingerprint density at radius 3 is 2.52 bits per heavy atom. The molecule has 0 bridgehead atoms. The maximum Gasteiger partial charge on any atom is 1.00 e. The average molecular weight is 370 g/mol. The van der Waals surface area contributed by atoms with Crippen LogP contribution in [0.5, 0.6) is 11.5 Å². The first-order valence-corrected chi connectivity index (χ1v) is 8.14. The predicted octanol–water partition coefficient (Wildman–Crippen LogP) is -1.21. The summed E-state index contributed by atoms with van der Waals surface area (Å²) in [6.07, 6.45) is 1.14. The van der Waals surface area contributed by atoms with Gasteiger partial charge in [-0.25, -0.2) is 0 Å². The van der Waals surface area contributed by atoms with E-state index in [4.69, 9.17) is 9.15 Å². The van der Waals surface area contributed by atoms with Gasteiger partial charge in [-0.2, -0.15) is 8.42 Å². The van der Waals surface area contributed by atoms with Crippen LogP contribution in [0.2, 0.25) is 0 Å². The minimum atomic E-state index is -4.54. The Labute approximate surface area is 164 Å². The molecule has 1 aromatic heterocycles. The van der Waals surface area contributed by atoms with Gasteiger partial charge in [0.2, 0.25) is 0 Å². The number of fused-ring (bicyclic) bond motifs is 1. The third-order valence-electron chi connectivity index (χ3n) is 3.50. The summed E-state index contributed by atoms with van der Waals surface area (Å²) in [6.45, 7) is 0. The van der Waals surface area contributed by atoms with Crippen molar-refractivity contribution in [2.45, 2.75) is 4.90 Å². The van der Waals surface area contributed by atoms with Crippen LogP contribution in [0, 0.1) is 0 Å². The molecule has 7 nitrogen and oxygen atoms in total. The standard InChI is InChI=1S/C16H12O7S.Na/c1-22-13-5-2-9(6-15(13)24(19,20)21)12-8-23-14-7-10(17)3-4-11(14)16(12)18;/h2-8,17H,1H3,(H,19,20,21);/q;+1/p-1. The number of hydrogen-bond acceptors (Lipinski definition) is 6. The summed E-state index contributed by atoms with van der Waals surface area (Å²) in [5.74, 6) is -0.348. The van der Waals surface area contributed by atoms with E-state index < -0.39 is 20.4 Å². The molecule has 0 amide bonds. The Morgan fingerprint density at radius 1 is 1.16 bits per heavy atom. The maximum atomic E-state index is 12.6. The van der Waals surface area contributed by atoms with Gasteiger partial charge in [-0.15, -0.1) is 5.75 Å². The fourth-order valence-electron chi connectivity index (χ4n) is 2.35. The number of hydrogen-bond donors (Lipinski definition) is 1. The van der Waals surface area contributed by atoms with Crippen LogP contribution < -0.4 is 44.8 Å². The van der Waals surface area contributed by atoms with Crippen molar-refractivity contribution in [3.8, 4) is 22.6 Å². The second kappa shape index (κ2) is 7.19. The van der Waals surface area contributed by atoms with Gasteiger partial charge in [0.15, 0.2) is 5.43 Å². The molecule has 0 aliphatic heterocycles. The molecule has 0 aliphatic rings. The first-order chi connectivity index (χ1) is 11.3. The van der Waals surface area contributed by atoms with Gasteiger partial charge in [0.05, 0.1) is 18.1 Å². The van der Waals surface area contributed by atoms with E-state index in [1.54, 1.807) is 0 Å². The smallest absolute Gasteiger partial charge is 0.872 e. The zero-order chi connectivity index (χ0) is 17.5. The molecule has 3 aromatic rings. The van der Waals surface area contributed by atoms with E-state index in [9.17, 15) is 22.9 Å². The van der Waals surface area contributed by atoms with Crippen LogP contribution in [-0.4, -0.2) is 20.1 Å². The molecular weight excluding hydrogens is 359 g/mol. The monoisotopic (exact) mass is 370 g/mol. The molecule has 0 fully saturated rings. The van der Waals surface area contributed by atoms with E-state index in [2.05, 4.69) is 0 Å². The van der Waals surface area contributed by atoms with Gasteiger partial charge in [-0.3, -0.25) is 9.35 Å². The fourth-order valence-corrected chi connectivity index (χ4v) is 3.04. The summed E-state index contributed by atoms with van der Waals surface area (Å²) >= 11 is 0. The molecule has 0 spiro atoms. The molecule has 0 aliphatic carbocycles. The Hall–Kier alpha value is -1.84. The Balaban J connectivity index is 0.00000225. The molecule has 0 unspecified atom stereocenters. The predicted molar refractivity (Wildman–Crippen MR) is 83.7 cm³/mol. The minimum Gasteiger partial charge on any atom is -0.872 e. The van der Waals surface area contributed by atoms with E-state index in [0.29, 0.717) is 0 Å². The SMILES string of the molecule is COc1ccc(-c2coc3cc([O-])ccc3c2=O)cc1S(=O)(=O)O.[Na+]. The molecule has 0 saturated carbocycles. The van der Waals surface area contributed by atoms with Crippen molar-refractivity contribution in [3.05, 3.63) is 52.9 Å². The van der Waals surface area contributed by atoms with Crippen LogP contribution in [0.3, 0.4) is 0 Å². The van der Waals surface area contributed by atoms with Crippen LogP contribution in [0.1, 0.15) is 0 Å². The van der Waals surface area contributed by atoms with Gasteiger partial charge in [0.1, 0.15) is 22.5 Å². The van der Waals surface area contributed by atoms with Crippen molar-refractivity contribution in [1.29, 1.82) is 0 Å². The molecular formula is C16H11NaO7S. The van der Waals surface area contributed by atoms with Crippen molar-refractivity contribution in [1.82, 2.24) is 0 Å². The van der Waals surface area contributed by atoms with Crippen molar-refractivity contribution in [2.75, 3.05) is 7.11 Å². The fraction of sp³-hybridized carbons (Fsp3) is 0.0625. The van der Waals surface area contributed by atoms with Gasteiger partial charge in [-0.05, 0) is 29.8 Å². The van der Waals surface area contributed by atoms with Crippen LogP contribution >= 0.6 is 0 Å². The zero-order valence-corrected chi connectivity index (χ0v) is 16.2. The second-order valence-electron chi connectivity index (χ2n) is 4.98. The molecule has 9 heteroatoms. The molecule has 0 saturated heterocycles. The van der Waals surface area contributed by atoms with Crippen LogP contribution in [-0.2, 0) is 10.1 Å². The molecule has 25 heavy (non-hydrogen) atoms. The Kier molecular flexibility index (Phi) is 5.60. The molecule has 1 N–H and O–H groups in total. The van der Waals surface area contributed by atoms with Gasteiger partial charge in [0.25, 0.3) is 10.1 Å². The van der Waals surface area contributed by atoms with E-state index in [1.807, 2.05) is 0 Å². The zero-order valence-electron chi connectivity index (χ0n) is 13.3. The number of rotatable bonds is 3. The van der Waals surface area contributed by atoms with Gasteiger partial charge >= 0.3 is 29.6 Å². The normalized spacial score (nSPS) is 11.1. The molecule has 3 rings (SSSR count).